The summed E-state index contributed by atoms with van der Waals surface area (Å²) in [6.07, 6.45) is 7.39. The first-order valence-electron chi connectivity index (χ1n) is 7.65. The maximum atomic E-state index is 12.7. The molecule has 0 radical (unpaired) electrons. The smallest absolute Gasteiger partial charge is 0.244 e. The Hall–Kier alpha value is -1.99. The number of hydrogen-bond acceptors (Lipinski definition) is 5. The van der Waals surface area contributed by atoms with Gasteiger partial charge in [-0.2, -0.15) is 4.31 Å². The zero-order valence-corrected chi connectivity index (χ0v) is 13.9. The van der Waals surface area contributed by atoms with Crippen molar-refractivity contribution in [1.82, 2.24) is 14.3 Å². The Bertz CT molecular complexity index is 765. The maximum Gasteiger partial charge on any atom is 0.244 e. The molecule has 3 heterocycles. The van der Waals surface area contributed by atoms with E-state index in [1.165, 1.54) is 6.20 Å². The van der Waals surface area contributed by atoms with Crippen LogP contribution in [0.25, 0.3) is 0 Å². The van der Waals surface area contributed by atoms with Crippen LogP contribution in [0.2, 0.25) is 0 Å². The van der Waals surface area contributed by atoms with Gasteiger partial charge >= 0.3 is 0 Å². The highest BCUT2D eigenvalue weighted by Gasteiger charge is 2.27. The molecule has 0 unspecified atom stereocenters. The molecular weight excluding hydrogens is 312 g/mol. The fourth-order valence-corrected chi connectivity index (χ4v) is 4.28. The van der Waals surface area contributed by atoms with E-state index in [1.807, 2.05) is 19.2 Å². The van der Waals surface area contributed by atoms with Crippen LogP contribution in [0.3, 0.4) is 0 Å². The average Bonchev–Trinajstić information content (AvgIpc) is 2.83. The molecule has 0 spiro atoms. The van der Waals surface area contributed by atoms with Gasteiger partial charge in [-0.3, -0.25) is 9.97 Å². The highest BCUT2D eigenvalue weighted by molar-refractivity contribution is 7.89. The fraction of sp³-hybridized carbons (Fsp3) is 0.375. The highest BCUT2D eigenvalue weighted by Crippen LogP contribution is 2.22. The van der Waals surface area contributed by atoms with E-state index in [9.17, 15) is 8.42 Å². The summed E-state index contributed by atoms with van der Waals surface area (Å²) in [5.74, 6) is 0. The predicted octanol–water partition coefficient (Wildman–Crippen LogP) is 1.69. The van der Waals surface area contributed by atoms with Crippen LogP contribution >= 0.6 is 0 Å². The molecule has 7 heteroatoms. The highest BCUT2D eigenvalue weighted by atomic mass is 32.2. The van der Waals surface area contributed by atoms with E-state index in [1.54, 1.807) is 28.8 Å². The molecule has 1 fully saturated rings. The van der Waals surface area contributed by atoms with Gasteiger partial charge in [0.1, 0.15) is 4.90 Å². The van der Waals surface area contributed by atoms with Crippen LogP contribution in [0.5, 0.6) is 0 Å². The average molecular weight is 332 g/mol. The summed E-state index contributed by atoms with van der Waals surface area (Å²) in [6, 6.07) is 5.23. The molecule has 3 rings (SSSR count). The molecule has 23 heavy (non-hydrogen) atoms. The number of rotatable bonds is 3. The Labute approximate surface area is 136 Å². The van der Waals surface area contributed by atoms with E-state index in [-0.39, 0.29) is 4.90 Å². The molecule has 0 aromatic carbocycles. The van der Waals surface area contributed by atoms with Crippen molar-refractivity contribution in [3.63, 3.8) is 0 Å². The van der Waals surface area contributed by atoms with Gasteiger partial charge in [-0.1, -0.05) is 0 Å². The van der Waals surface area contributed by atoms with Gasteiger partial charge in [0.05, 0.1) is 0 Å². The largest absolute Gasteiger partial charge is 0.370 e. The van der Waals surface area contributed by atoms with E-state index in [0.29, 0.717) is 19.6 Å². The van der Waals surface area contributed by atoms with Gasteiger partial charge in [-0.15, -0.1) is 0 Å². The lowest BCUT2D eigenvalue weighted by molar-refractivity contribution is 0.433. The number of sulfonamides is 1. The van der Waals surface area contributed by atoms with Gasteiger partial charge in [0.25, 0.3) is 0 Å². The molecule has 6 nitrogen and oxygen atoms in total. The van der Waals surface area contributed by atoms with E-state index >= 15 is 0 Å². The summed E-state index contributed by atoms with van der Waals surface area (Å²) in [4.78, 5) is 10.5. The first-order valence-corrected chi connectivity index (χ1v) is 9.09. The third-order valence-corrected chi connectivity index (χ3v) is 5.94. The second kappa shape index (κ2) is 6.64. The molecule has 0 saturated carbocycles. The van der Waals surface area contributed by atoms with Gasteiger partial charge in [0.15, 0.2) is 0 Å². The molecule has 1 saturated heterocycles. The second-order valence-corrected chi connectivity index (χ2v) is 7.53. The van der Waals surface area contributed by atoms with Gasteiger partial charge < -0.3 is 4.90 Å². The van der Waals surface area contributed by atoms with Gasteiger partial charge in [-0.05, 0) is 37.1 Å². The minimum atomic E-state index is -3.47. The Balaban J connectivity index is 1.78. The van der Waals surface area contributed by atoms with Crippen molar-refractivity contribution >= 4 is 15.7 Å². The summed E-state index contributed by atoms with van der Waals surface area (Å²) < 4.78 is 27.0. The van der Waals surface area contributed by atoms with Crippen molar-refractivity contribution in [2.45, 2.75) is 18.2 Å². The quantitative estimate of drug-likeness (QED) is 0.856. The first kappa shape index (κ1) is 15.9. The van der Waals surface area contributed by atoms with Gasteiger partial charge in [-0.25, -0.2) is 8.42 Å². The molecule has 0 N–H and O–H groups in total. The summed E-state index contributed by atoms with van der Waals surface area (Å²) in [6.45, 7) is 4.53. The minimum Gasteiger partial charge on any atom is -0.370 e. The van der Waals surface area contributed by atoms with Crippen LogP contribution in [0, 0.1) is 6.92 Å². The lowest BCUT2D eigenvalue weighted by Crippen LogP contribution is -2.35. The van der Waals surface area contributed by atoms with Crippen molar-refractivity contribution in [3.8, 4) is 0 Å². The van der Waals surface area contributed by atoms with Crippen molar-refractivity contribution in [1.29, 1.82) is 0 Å². The third kappa shape index (κ3) is 3.35. The van der Waals surface area contributed by atoms with Crippen LogP contribution < -0.4 is 4.90 Å². The van der Waals surface area contributed by atoms with Crippen molar-refractivity contribution in [2.24, 2.45) is 0 Å². The Kier molecular flexibility index (Phi) is 4.58. The maximum absolute atomic E-state index is 12.7. The fourth-order valence-electron chi connectivity index (χ4n) is 2.84. The lowest BCUT2D eigenvalue weighted by Gasteiger charge is -2.24. The van der Waals surface area contributed by atoms with E-state index < -0.39 is 10.0 Å². The van der Waals surface area contributed by atoms with Crippen molar-refractivity contribution < 1.29 is 8.42 Å². The zero-order chi connectivity index (χ0) is 16.3. The molecular formula is C16H20N4O2S. The summed E-state index contributed by atoms with van der Waals surface area (Å²) in [5, 5.41) is 0. The minimum absolute atomic E-state index is 0.258. The standard InChI is InChI=1S/C16H20N4O2S/c1-14-12-18-7-5-16(14)19-8-3-9-20(11-10-19)23(21,22)15-4-2-6-17-13-15/h2,4-7,12-13H,3,8-11H2,1H3. The van der Waals surface area contributed by atoms with Crippen LogP contribution in [-0.2, 0) is 10.0 Å². The summed E-state index contributed by atoms with van der Waals surface area (Å²) >= 11 is 0. The number of hydrogen-bond donors (Lipinski definition) is 0. The number of anilines is 1. The zero-order valence-electron chi connectivity index (χ0n) is 13.1. The van der Waals surface area contributed by atoms with Crippen LogP contribution in [0.15, 0.2) is 47.9 Å². The topological polar surface area (TPSA) is 66.4 Å². The third-order valence-electron chi connectivity index (χ3n) is 4.06. The second-order valence-electron chi connectivity index (χ2n) is 5.60. The number of aryl methyl sites for hydroxylation is 1. The van der Waals surface area contributed by atoms with Crippen LogP contribution in [-0.4, -0.2) is 48.9 Å². The summed E-state index contributed by atoms with van der Waals surface area (Å²) in [5.41, 5.74) is 2.23. The molecule has 0 aliphatic carbocycles. The Morgan fingerprint density at radius 3 is 2.57 bits per heavy atom. The number of pyridine rings is 2. The molecule has 1 aliphatic heterocycles. The molecule has 2 aromatic rings. The lowest BCUT2D eigenvalue weighted by atomic mass is 10.2. The number of nitrogens with zero attached hydrogens (tertiary/aromatic N) is 4. The molecule has 0 atom stereocenters. The Morgan fingerprint density at radius 1 is 1.00 bits per heavy atom. The van der Waals surface area contributed by atoms with Crippen LogP contribution in [0.4, 0.5) is 5.69 Å². The van der Waals surface area contributed by atoms with E-state index in [2.05, 4.69) is 14.9 Å². The monoisotopic (exact) mass is 332 g/mol. The van der Waals surface area contributed by atoms with Crippen LogP contribution in [0.1, 0.15) is 12.0 Å². The normalized spacial score (nSPS) is 17.0. The SMILES string of the molecule is Cc1cnccc1N1CCCN(S(=O)(=O)c2cccnc2)CC1. The van der Waals surface area contributed by atoms with Gasteiger partial charge in [0, 0.05) is 56.7 Å². The molecule has 0 bridgehead atoms. The molecule has 1 aliphatic rings. The number of aromatic nitrogens is 2. The van der Waals surface area contributed by atoms with E-state index in [0.717, 1.165) is 24.2 Å². The first-order chi connectivity index (χ1) is 11.1. The Morgan fingerprint density at radius 2 is 1.83 bits per heavy atom. The summed E-state index contributed by atoms with van der Waals surface area (Å²) in [7, 11) is -3.47. The van der Waals surface area contributed by atoms with Gasteiger partial charge in [0.2, 0.25) is 10.0 Å². The van der Waals surface area contributed by atoms with Crippen molar-refractivity contribution in [2.75, 3.05) is 31.1 Å². The molecule has 122 valence electrons. The van der Waals surface area contributed by atoms with E-state index in [4.69, 9.17) is 0 Å². The molecule has 2 aromatic heterocycles. The molecule has 0 amide bonds. The van der Waals surface area contributed by atoms with Crippen molar-refractivity contribution in [3.05, 3.63) is 48.5 Å². The predicted molar refractivity (Wildman–Crippen MR) is 88.8 cm³/mol.